The number of hydrazine groups is 1. The van der Waals surface area contributed by atoms with Crippen molar-refractivity contribution in [2.45, 2.75) is 51.2 Å². The molecular weight excluding hydrogens is 652 g/mol. The predicted molar refractivity (Wildman–Crippen MR) is 174 cm³/mol. The van der Waals surface area contributed by atoms with Crippen molar-refractivity contribution in [2.75, 3.05) is 19.1 Å². The number of nitriles is 1. The number of carbonyl (C=O) groups is 1. The normalized spacial score (nSPS) is 15.4. The van der Waals surface area contributed by atoms with Crippen molar-refractivity contribution in [3.05, 3.63) is 70.2 Å². The maximum atomic E-state index is 14.7. The average molecular weight is 682 g/mol. The number of ether oxygens (including phenoxy) is 2. The molecule has 0 aliphatic carbocycles. The number of fused-ring (bicyclic) bond motifs is 1. The third-order valence-electron chi connectivity index (χ3n) is 7.81. The molecule has 1 saturated heterocycles. The molecule has 0 radical (unpaired) electrons. The third kappa shape index (κ3) is 6.96. The molecule has 0 bridgehead atoms. The van der Waals surface area contributed by atoms with E-state index in [4.69, 9.17) is 9.47 Å². The molecular formula is C32H30F3N7O3S2. The molecule has 1 aliphatic rings. The summed E-state index contributed by atoms with van der Waals surface area (Å²) in [4.78, 5) is 21.5. The van der Waals surface area contributed by atoms with E-state index in [1.165, 1.54) is 24.6 Å². The Morgan fingerprint density at radius 3 is 2.68 bits per heavy atom. The first-order chi connectivity index (χ1) is 22.7. The predicted octanol–water partition coefficient (Wildman–Crippen LogP) is 6.80. The fourth-order valence-electron chi connectivity index (χ4n) is 5.45. The zero-order valence-electron chi connectivity index (χ0n) is 25.4. The number of methoxy groups -OCH3 is 1. The number of nitrogens with one attached hydrogen (secondary N) is 3. The molecule has 0 saturated carbocycles. The Labute approximate surface area is 276 Å². The Bertz CT molecular complexity index is 1920. The molecule has 0 amide bonds. The number of benzene rings is 2. The van der Waals surface area contributed by atoms with Crippen molar-refractivity contribution in [3.63, 3.8) is 0 Å². The number of carbonyl (C=O) groups excluding carboxylic acids is 1. The molecule has 0 spiro atoms. The van der Waals surface area contributed by atoms with Gasteiger partial charge in [-0.25, -0.2) is 15.4 Å². The molecule has 6 rings (SSSR count). The second-order valence-corrected chi connectivity index (χ2v) is 12.6. The zero-order valence-corrected chi connectivity index (χ0v) is 27.0. The smallest absolute Gasteiger partial charge is 0.409 e. The number of alkyl halides is 3. The number of aromatic nitrogens is 3. The van der Waals surface area contributed by atoms with Crippen LogP contribution in [0.15, 0.2) is 54.0 Å². The van der Waals surface area contributed by atoms with Crippen LogP contribution in [0.1, 0.15) is 41.9 Å². The third-order valence-corrected chi connectivity index (χ3v) is 9.63. The second kappa shape index (κ2) is 13.7. The first kappa shape index (κ1) is 32.5. The molecule has 244 valence electrons. The summed E-state index contributed by atoms with van der Waals surface area (Å²) in [5.41, 5.74) is 7.90. The summed E-state index contributed by atoms with van der Waals surface area (Å²) >= 11 is 2.27. The standard InChI is InChI=1S/C32H30F3N7O3S2/c1-3-42-15-23(22-13-19(8-11-25(22)42)29-38-20(17-46-29)16-45-30(43)24-5-4-12-37-24)28(32(33,34)35)40-41-31-39-27(26(14-36)47-31)18-6-9-21(44-2)10-7-18/h6-11,13,15,17,24,28,37,40H,3-5,12,16H2,1-2H3,(H,39,41)/t24-,28?/m0/s1. The van der Waals surface area contributed by atoms with Gasteiger partial charge in [-0.3, -0.25) is 10.2 Å². The van der Waals surface area contributed by atoms with Gasteiger partial charge < -0.3 is 19.4 Å². The molecule has 4 heterocycles. The number of thiazole rings is 2. The van der Waals surface area contributed by atoms with Crippen LogP contribution in [0.3, 0.4) is 0 Å². The van der Waals surface area contributed by atoms with Crippen molar-refractivity contribution in [1.29, 1.82) is 5.26 Å². The van der Waals surface area contributed by atoms with Gasteiger partial charge in [-0.05, 0) is 68.8 Å². The largest absolute Gasteiger partial charge is 0.497 e. The Morgan fingerprint density at radius 1 is 1.21 bits per heavy atom. The van der Waals surface area contributed by atoms with E-state index in [1.54, 1.807) is 46.3 Å². The lowest BCUT2D eigenvalue weighted by molar-refractivity contribution is -0.156. The molecule has 1 fully saturated rings. The zero-order chi connectivity index (χ0) is 33.1. The maximum absolute atomic E-state index is 14.7. The molecule has 3 aromatic heterocycles. The van der Waals surface area contributed by atoms with E-state index in [0.717, 1.165) is 30.7 Å². The van der Waals surface area contributed by atoms with Gasteiger partial charge in [0.1, 0.15) is 46.1 Å². The molecule has 2 atom stereocenters. The fourth-order valence-corrected chi connectivity index (χ4v) is 7.00. The molecule has 1 aliphatic heterocycles. The van der Waals surface area contributed by atoms with Crippen molar-refractivity contribution >= 4 is 44.7 Å². The van der Waals surface area contributed by atoms with E-state index in [1.807, 2.05) is 13.0 Å². The van der Waals surface area contributed by atoms with Crippen molar-refractivity contribution < 1.29 is 27.4 Å². The monoisotopic (exact) mass is 681 g/mol. The number of hydrogen-bond donors (Lipinski definition) is 3. The summed E-state index contributed by atoms with van der Waals surface area (Å²) < 4.78 is 56.4. The highest BCUT2D eigenvalue weighted by atomic mass is 32.1. The Morgan fingerprint density at radius 2 is 2.00 bits per heavy atom. The number of rotatable bonds is 11. The number of esters is 1. The molecule has 15 heteroatoms. The van der Waals surface area contributed by atoms with E-state index >= 15 is 0 Å². The minimum absolute atomic E-state index is 0.0173. The summed E-state index contributed by atoms with van der Waals surface area (Å²) in [5, 5.41) is 15.7. The highest BCUT2D eigenvalue weighted by Crippen LogP contribution is 2.40. The first-order valence-corrected chi connectivity index (χ1v) is 16.5. The highest BCUT2D eigenvalue weighted by molar-refractivity contribution is 7.16. The quantitative estimate of drug-likeness (QED) is 0.102. The Kier molecular flexibility index (Phi) is 9.46. The second-order valence-electron chi connectivity index (χ2n) is 10.8. The van der Waals surface area contributed by atoms with Crippen LogP contribution in [0, 0.1) is 11.3 Å². The van der Waals surface area contributed by atoms with Crippen LogP contribution in [0.25, 0.3) is 32.7 Å². The fraction of sp³-hybridized carbons (Fsp3) is 0.312. The van der Waals surface area contributed by atoms with Crippen LogP contribution in [0.4, 0.5) is 18.3 Å². The lowest BCUT2D eigenvalue weighted by atomic mass is 10.0. The van der Waals surface area contributed by atoms with E-state index in [0.29, 0.717) is 50.7 Å². The van der Waals surface area contributed by atoms with Crippen LogP contribution in [0.5, 0.6) is 5.75 Å². The lowest BCUT2D eigenvalue weighted by Crippen LogP contribution is -2.37. The van der Waals surface area contributed by atoms with Gasteiger partial charge in [-0.2, -0.15) is 18.4 Å². The van der Waals surface area contributed by atoms with Gasteiger partial charge in [0.25, 0.3) is 0 Å². The van der Waals surface area contributed by atoms with Crippen LogP contribution < -0.4 is 20.9 Å². The average Bonchev–Trinajstić information content (AvgIpc) is 3.89. The van der Waals surface area contributed by atoms with Crippen LogP contribution >= 0.6 is 22.7 Å². The summed E-state index contributed by atoms with van der Waals surface area (Å²) in [5.74, 6) is 0.305. The SMILES string of the molecule is CCn1cc(C(NNc2nc(-c3ccc(OC)cc3)c(C#N)s2)C(F)(F)F)c2cc(-c3nc(COC(=O)[C@@H]4CCCN4)cs3)ccc21. The van der Waals surface area contributed by atoms with E-state index in [2.05, 4.69) is 32.2 Å². The van der Waals surface area contributed by atoms with Gasteiger partial charge in [0, 0.05) is 45.7 Å². The Balaban J connectivity index is 1.25. The number of halogens is 3. The van der Waals surface area contributed by atoms with Gasteiger partial charge in [0.05, 0.1) is 12.8 Å². The van der Waals surface area contributed by atoms with Crippen LogP contribution in [-0.2, 0) is 22.7 Å². The van der Waals surface area contributed by atoms with Gasteiger partial charge in [-0.15, -0.1) is 11.3 Å². The molecule has 2 aromatic carbocycles. The molecule has 1 unspecified atom stereocenters. The number of hydrogen-bond acceptors (Lipinski definition) is 11. The molecule has 47 heavy (non-hydrogen) atoms. The van der Waals surface area contributed by atoms with Crippen molar-refractivity contribution in [2.24, 2.45) is 0 Å². The number of aryl methyl sites for hydroxylation is 1. The van der Waals surface area contributed by atoms with Crippen LogP contribution in [0.2, 0.25) is 0 Å². The lowest BCUT2D eigenvalue weighted by Gasteiger charge is -2.21. The van der Waals surface area contributed by atoms with E-state index < -0.39 is 12.2 Å². The summed E-state index contributed by atoms with van der Waals surface area (Å²) in [6.07, 6.45) is -1.53. The topological polar surface area (TPSA) is 126 Å². The van der Waals surface area contributed by atoms with Crippen molar-refractivity contribution in [1.82, 2.24) is 25.3 Å². The van der Waals surface area contributed by atoms with Crippen molar-refractivity contribution in [3.8, 4) is 33.6 Å². The highest BCUT2D eigenvalue weighted by Gasteiger charge is 2.42. The first-order valence-electron chi connectivity index (χ1n) is 14.8. The molecule has 10 nitrogen and oxygen atoms in total. The van der Waals surface area contributed by atoms with E-state index in [9.17, 15) is 23.2 Å². The van der Waals surface area contributed by atoms with Crippen LogP contribution in [-0.4, -0.2) is 46.4 Å². The van der Waals surface area contributed by atoms with E-state index in [-0.39, 0.29) is 34.2 Å². The summed E-state index contributed by atoms with van der Waals surface area (Å²) in [6, 6.07) is 11.9. The number of nitrogens with zero attached hydrogens (tertiary/aromatic N) is 4. The summed E-state index contributed by atoms with van der Waals surface area (Å²) in [6.45, 7) is 3.12. The van der Waals surface area contributed by atoms with Gasteiger partial charge >= 0.3 is 12.1 Å². The minimum atomic E-state index is -4.68. The van der Waals surface area contributed by atoms with Gasteiger partial charge in [0.2, 0.25) is 0 Å². The minimum Gasteiger partial charge on any atom is -0.497 e. The maximum Gasteiger partial charge on any atom is 0.409 e. The Hall–Kier alpha value is -4.49. The van der Waals surface area contributed by atoms with Gasteiger partial charge in [0.15, 0.2) is 5.13 Å². The summed E-state index contributed by atoms with van der Waals surface area (Å²) in [7, 11) is 1.54. The number of anilines is 1. The molecule has 3 N–H and O–H groups in total. The van der Waals surface area contributed by atoms with Gasteiger partial charge in [-0.1, -0.05) is 11.3 Å². The molecule has 5 aromatic rings.